The van der Waals surface area contributed by atoms with Crippen molar-refractivity contribution in [3.8, 4) is 0 Å². The largest absolute Gasteiger partial charge is 0.409 e. The molecule has 1 aliphatic rings. The highest BCUT2D eigenvalue weighted by atomic mass is 16.4. The maximum Gasteiger partial charge on any atom is 0.236 e. The first-order valence-corrected chi connectivity index (χ1v) is 5.70. The molecule has 5 heteroatoms. The van der Waals surface area contributed by atoms with Crippen molar-refractivity contribution in [3.63, 3.8) is 0 Å². The molecule has 1 atom stereocenters. The molecule has 1 aliphatic heterocycles. The second-order valence-corrected chi connectivity index (χ2v) is 4.95. The molecule has 92 valence electrons. The number of rotatable bonds is 2. The fraction of sp³-hybridized carbons (Fsp3) is 0.818. The van der Waals surface area contributed by atoms with E-state index >= 15 is 0 Å². The van der Waals surface area contributed by atoms with Crippen LogP contribution >= 0.6 is 0 Å². The number of nitrogens with zero attached hydrogens (tertiary/aromatic N) is 2. The van der Waals surface area contributed by atoms with Gasteiger partial charge in [0.1, 0.15) is 5.41 Å². The van der Waals surface area contributed by atoms with Gasteiger partial charge in [-0.25, -0.2) is 0 Å². The van der Waals surface area contributed by atoms with Gasteiger partial charge in [0, 0.05) is 12.6 Å². The van der Waals surface area contributed by atoms with E-state index in [4.69, 9.17) is 10.9 Å². The van der Waals surface area contributed by atoms with Crippen LogP contribution < -0.4 is 5.73 Å². The van der Waals surface area contributed by atoms with Gasteiger partial charge in [-0.15, -0.1) is 0 Å². The molecule has 16 heavy (non-hydrogen) atoms. The Morgan fingerprint density at radius 3 is 2.62 bits per heavy atom. The molecular weight excluding hydrogens is 206 g/mol. The maximum absolute atomic E-state index is 12.3. The van der Waals surface area contributed by atoms with Crippen LogP contribution in [0.25, 0.3) is 0 Å². The summed E-state index contributed by atoms with van der Waals surface area (Å²) in [6.07, 6.45) is 3.22. The Kier molecular flexibility index (Phi) is 3.78. The Morgan fingerprint density at radius 1 is 1.50 bits per heavy atom. The lowest BCUT2D eigenvalue weighted by molar-refractivity contribution is -0.140. The smallest absolute Gasteiger partial charge is 0.236 e. The maximum atomic E-state index is 12.3. The highest BCUT2D eigenvalue weighted by Crippen LogP contribution is 2.25. The van der Waals surface area contributed by atoms with E-state index in [1.165, 1.54) is 0 Å². The summed E-state index contributed by atoms with van der Waals surface area (Å²) in [5.41, 5.74) is 4.63. The third kappa shape index (κ3) is 2.28. The molecule has 0 saturated carbocycles. The molecular formula is C11H21N3O2. The average Bonchev–Trinajstić information content (AvgIpc) is 2.27. The van der Waals surface area contributed by atoms with E-state index in [1.54, 1.807) is 13.8 Å². The molecule has 1 unspecified atom stereocenters. The van der Waals surface area contributed by atoms with Crippen LogP contribution in [0, 0.1) is 5.41 Å². The minimum atomic E-state index is -0.930. The summed E-state index contributed by atoms with van der Waals surface area (Å²) in [4.78, 5) is 14.1. The Labute approximate surface area is 96.3 Å². The summed E-state index contributed by atoms with van der Waals surface area (Å²) in [6.45, 7) is 6.18. The van der Waals surface area contributed by atoms with Crippen LogP contribution in [0.15, 0.2) is 5.16 Å². The molecule has 0 aromatic heterocycles. The van der Waals surface area contributed by atoms with Crippen molar-refractivity contribution in [1.82, 2.24) is 4.90 Å². The Balaban J connectivity index is 2.83. The summed E-state index contributed by atoms with van der Waals surface area (Å²) in [5, 5.41) is 11.6. The van der Waals surface area contributed by atoms with Crippen LogP contribution in [0.3, 0.4) is 0 Å². The van der Waals surface area contributed by atoms with Gasteiger partial charge in [0.2, 0.25) is 5.91 Å². The monoisotopic (exact) mass is 227 g/mol. The predicted octanol–water partition coefficient (Wildman–Crippen LogP) is 1.16. The van der Waals surface area contributed by atoms with E-state index < -0.39 is 5.41 Å². The molecule has 0 bridgehead atoms. The molecule has 1 saturated heterocycles. The third-order valence-corrected chi connectivity index (χ3v) is 3.35. The van der Waals surface area contributed by atoms with Crippen LogP contribution in [0.5, 0.6) is 0 Å². The van der Waals surface area contributed by atoms with Crippen molar-refractivity contribution in [2.75, 3.05) is 6.54 Å². The van der Waals surface area contributed by atoms with Crippen molar-refractivity contribution in [1.29, 1.82) is 0 Å². The van der Waals surface area contributed by atoms with Crippen LogP contribution in [-0.2, 0) is 4.79 Å². The topological polar surface area (TPSA) is 78.9 Å². The van der Waals surface area contributed by atoms with E-state index in [2.05, 4.69) is 5.16 Å². The lowest BCUT2D eigenvalue weighted by atomic mass is 9.88. The lowest BCUT2D eigenvalue weighted by Gasteiger charge is -2.38. The van der Waals surface area contributed by atoms with Gasteiger partial charge < -0.3 is 15.8 Å². The number of hydrogen-bond acceptors (Lipinski definition) is 3. The minimum absolute atomic E-state index is 0.0322. The molecule has 1 heterocycles. The van der Waals surface area contributed by atoms with E-state index in [0.29, 0.717) is 0 Å². The Hall–Kier alpha value is -1.26. The number of carbonyl (C=O) groups is 1. The van der Waals surface area contributed by atoms with Crippen molar-refractivity contribution in [2.45, 2.75) is 46.1 Å². The first-order valence-electron chi connectivity index (χ1n) is 5.70. The van der Waals surface area contributed by atoms with Crippen molar-refractivity contribution < 1.29 is 10.0 Å². The third-order valence-electron chi connectivity index (χ3n) is 3.35. The van der Waals surface area contributed by atoms with E-state index in [-0.39, 0.29) is 17.8 Å². The standard InChI is InChI=1S/C11H21N3O2/c1-8-6-4-5-7-14(8)10(15)11(2,3)9(12)13-16/h8,16H,4-7H2,1-3H3,(H2,12,13). The summed E-state index contributed by atoms with van der Waals surface area (Å²) in [7, 11) is 0. The fourth-order valence-electron chi connectivity index (χ4n) is 1.99. The summed E-state index contributed by atoms with van der Waals surface area (Å²) < 4.78 is 0. The number of hydrogen-bond donors (Lipinski definition) is 2. The number of amidine groups is 1. The predicted molar refractivity (Wildman–Crippen MR) is 62.2 cm³/mol. The zero-order valence-electron chi connectivity index (χ0n) is 10.2. The first-order chi connectivity index (χ1) is 7.41. The van der Waals surface area contributed by atoms with E-state index in [1.807, 2.05) is 11.8 Å². The number of piperidine rings is 1. The minimum Gasteiger partial charge on any atom is -0.409 e. The zero-order chi connectivity index (χ0) is 12.3. The van der Waals surface area contributed by atoms with E-state index in [0.717, 1.165) is 25.8 Å². The molecule has 5 nitrogen and oxygen atoms in total. The molecule has 0 aromatic rings. The molecule has 0 radical (unpaired) electrons. The summed E-state index contributed by atoms with van der Waals surface area (Å²) in [6, 6.07) is 0.243. The van der Waals surface area contributed by atoms with Crippen LogP contribution in [0.4, 0.5) is 0 Å². The molecule has 1 amide bonds. The number of amides is 1. The molecule has 0 aromatic carbocycles. The number of nitrogens with two attached hydrogens (primary N) is 1. The highest BCUT2D eigenvalue weighted by molar-refractivity contribution is 6.05. The van der Waals surface area contributed by atoms with Gasteiger partial charge in [-0.05, 0) is 40.0 Å². The highest BCUT2D eigenvalue weighted by Gasteiger charge is 2.38. The molecule has 0 spiro atoms. The first kappa shape index (κ1) is 12.8. The summed E-state index contributed by atoms with van der Waals surface area (Å²) >= 11 is 0. The van der Waals surface area contributed by atoms with Gasteiger partial charge in [-0.3, -0.25) is 4.79 Å². The van der Waals surface area contributed by atoms with Crippen molar-refractivity contribution >= 4 is 11.7 Å². The second-order valence-electron chi connectivity index (χ2n) is 4.95. The zero-order valence-corrected chi connectivity index (χ0v) is 10.2. The van der Waals surface area contributed by atoms with Crippen LogP contribution in [-0.4, -0.2) is 34.4 Å². The van der Waals surface area contributed by atoms with Crippen LogP contribution in [0.1, 0.15) is 40.0 Å². The number of likely N-dealkylation sites (tertiary alicyclic amines) is 1. The Bertz CT molecular complexity index is 300. The number of oxime groups is 1. The normalized spacial score (nSPS) is 23.3. The summed E-state index contributed by atoms with van der Waals surface area (Å²) in [5.74, 6) is -0.0923. The fourth-order valence-corrected chi connectivity index (χ4v) is 1.99. The van der Waals surface area contributed by atoms with Crippen LogP contribution in [0.2, 0.25) is 0 Å². The Morgan fingerprint density at radius 2 is 2.12 bits per heavy atom. The molecule has 0 aliphatic carbocycles. The van der Waals surface area contributed by atoms with E-state index in [9.17, 15) is 4.79 Å². The quantitative estimate of drug-likeness (QED) is 0.321. The van der Waals surface area contributed by atoms with Gasteiger partial charge in [-0.1, -0.05) is 5.16 Å². The van der Waals surface area contributed by atoms with Gasteiger partial charge in [0.25, 0.3) is 0 Å². The van der Waals surface area contributed by atoms with Gasteiger partial charge in [0.15, 0.2) is 5.84 Å². The van der Waals surface area contributed by atoms with Gasteiger partial charge >= 0.3 is 0 Å². The molecule has 1 fully saturated rings. The van der Waals surface area contributed by atoms with Crippen molar-refractivity contribution in [2.24, 2.45) is 16.3 Å². The molecule has 3 N–H and O–H groups in total. The SMILES string of the molecule is CC1CCCCN1C(=O)C(C)(C)C(N)=NO. The molecule has 1 rings (SSSR count). The average molecular weight is 227 g/mol. The van der Waals surface area contributed by atoms with Crippen molar-refractivity contribution in [3.05, 3.63) is 0 Å². The van der Waals surface area contributed by atoms with Gasteiger partial charge in [0.05, 0.1) is 0 Å². The number of carbonyl (C=O) groups excluding carboxylic acids is 1. The second kappa shape index (κ2) is 4.72. The lowest BCUT2D eigenvalue weighted by Crippen LogP contribution is -2.52. The van der Waals surface area contributed by atoms with Gasteiger partial charge in [-0.2, -0.15) is 0 Å².